The Bertz CT molecular complexity index is 550. The first kappa shape index (κ1) is 11.3. The van der Waals surface area contributed by atoms with Gasteiger partial charge in [-0.05, 0) is 18.1 Å². The highest BCUT2D eigenvalue weighted by Crippen LogP contribution is 2.07. The molecule has 1 aromatic carbocycles. The Morgan fingerprint density at radius 3 is 2.94 bits per heavy atom. The van der Waals surface area contributed by atoms with E-state index in [1.54, 1.807) is 10.9 Å². The number of aromatic nitrogens is 2. The van der Waals surface area contributed by atoms with Gasteiger partial charge in [0, 0.05) is 11.9 Å². The minimum Gasteiger partial charge on any atom is -0.298 e. The van der Waals surface area contributed by atoms with E-state index in [0.29, 0.717) is 17.8 Å². The van der Waals surface area contributed by atoms with Gasteiger partial charge in [-0.1, -0.05) is 35.0 Å². The number of fused-ring (bicyclic) bond motifs is 1. The van der Waals surface area contributed by atoms with E-state index in [9.17, 15) is 4.79 Å². The van der Waals surface area contributed by atoms with Crippen molar-refractivity contribution in [3.05, 3.63) is 40.9 Å². The van der Waals surface area contributed by atoms with Crippen LogP contribution in [0.4, 0.5) is 0 Å². The molecule has 1 aromatic heterocycles. The molecular weight excluding hydrogens is 268 g/mol. The summed E-state index contributed by atoms with van der Waals surface area (Å²) < 4.78 is 1.67. The van der Waals surface area contributed by atoms with Gasteiger partial charge in [0.2, 0.25) is 0 Å². The minimum absolute atomic E-state index is 0.0402. The summed E-state index contributed by atoms with van der Waals surface area (Å²) in [5, 5.41) is 1.57. The standard InChI is InChI=1S/C12H13BrN2O/c1-9(6-13)7-15-8-14-11-5-3-2-4-10(11)12(15)16/h2-5,8-9H,6-7H2,1H3. The van der Waals surface area contributed by atoms with Crippen LogP contribution in [0.1, 0.15) is 6.92 Å². The number of alkyl halides is 1. The van der Waals surface area contributed by atoms with Gasteiger partial charge in [0.25, 0.3) is 5.56 Å². The molecular formula is C12H13BrN2O. The molecule has 0 spiro atoms. The van der Waals surface area contributed by atoms with Crippen molar-refractivity contribution in [2.75, 3.05) is 5.33 Å². The van der Waals surface area contributed by atoms with Crippen LogP contribution in [-0.2, 0) is 6.54 Å². The minimum atomic E-state index is 0.0402. The van der Waals surface area contributed by atoms with Crippen molar-refractivity contribution < 1.29 is 0 Å². The van der Waals surface area contributed by atoms with Crippen LogP contribution in [0.2, 0.25) is 0 Å². The molecule has 0 radical (unpaired) electrons. The summed E-state index contributed by atoms with van der Waals surface area (Å²) in [5.41, 5.74) is 0.800. The van der Waals surface area contributed by atoms with Gasteiger partial charge in [0.05, 0.1) is 17.2 Å². The summed E-state index contributed by atoms with van der Waals surface area (Å²) in [6.45, 7) is 2.79. The van der Waals surface area contributed by atoms with Gasteiger partial charge in [-0.3, -0.25) is 9.36 Å². The highest BCUT2D eigenvalue weighted by molar-refractivity contribution is 9.09. The van der Waals surface area contributed by atoms with Crippen LogP contribution in [0.3, 0.4) is 0 Å². The van der Waals surface area contributed by atoms with Crippen molar-refractivity contribution in [2.45, 2.75) is 13.5 Å². The number of rotatable bonds is 3. The van der Waals surface area contributed by atoms with Crippen molar-refractivity contribution in [1.29, 1.82) is 0 Å². The van der Waals surface area contributed by atoms with Crippen LogP contribution in [0.5, 0.6) is 0 Å². The Hall–Kier alpha value is -1.16. The first-order valence-electron chi connectivity index (χ1n) is 5.22. The van der Waals surface area contributed by atoms with Gasteiger partial charge in [0.15, 0.2) is 0 Å². The lowest BCUT2D eigenvalue weighted by atomic mass is 10.2. The van der Waals surface area contributed by atoms with E-state index in [2.05, 4.69) is 27.8 Å². The second-order valence-corrected chi connectivity index (χ2v) is 4.63. The number of halogens is 1. The normalized spacial score (nSPS) is 12.9. The van der Waals surface area contributed by atoms with E-state index in [0.717, 1.165) is 10.8 Å². The molecule has 2 aromatic rings. The quantitative estimate of drug-likeness (QED) is 0.810. The fraction of sp³-hybridized carbons (Fsp3) is 0.333. The zero-order valence-electron chi connectivity index (χ0n) is 9.06. The fourth-order valence-electron chi connectivity index (χ4n) is 1.62. The van der Waals surface area contributed by atoms with Gasteiger partial charge in [-0.25, -0.2) is 4.98 Å². The number of nitrogens with zero attached hydrogens (tertiary/aromatic N) is 2. The number of hydrogen-bond donors (Lipinski definition) is 0. The molecule has 1 heterocycles. The zero-order chi connectivity index (χ0) is 11.5. The average Bonchev–Trinajstić information content (AvgIpc) is 2.33. The molecule has 84 valence electrons. The van der Waals surface area contributed by atoms with Gasteiger partial charge >= 0.3 is 0 Å². The third-order valence-electron chi connectivity index (χ3n) is 2.50. The summed E-state index contributed by atoms with van der Waals surface area (Å²) in [5.74, 6) is 0.417. The van der Waals surface area contributed by atoms with Gasteiger partial charge in [-0.2, -0.15) is 0 Å². The lowest BCUT2D eigenvalue weighted by molar-refractivity contribution is 0.518. The van der Waals surface area contributed by atoms with E-state index >= 15 is 0 Å². The molecule has 0 N–H and O–H groups in total. The lowest BCUT2D eigenvalue weighted by Crippen LogP contribution is -2.24. The first-order valence-corrected chi connectivity index (χ1v) is 6.34. The molecule has 2 rings (SSSR count). The van der Waals surface area contributed by atoms with Crippen molar-refractivity contribution in [3.8, 4) is 0 Å². The van der Waals surface area contributed by atoms with Crippen molar-refractivity contribution in [1.82, 2.24) is 9.55 Å². The van der Waals surface area contributed by atoms with Crippen LogP contribution in [-0.4, -0.2) is 14.9 Å². The van der Waals surface area contributed by atoms with E-state index < -0.39 is 0 Å². The highest BCUT2D eigenvalue weighted by atomic mass is 79.9. The maximum absolute atomic E-state index is 12.1. The second kappa shape index (κ2) is 4.78. The molecule has 0 saturated heterocycles. The molecule has 0 amide bonds. The van der Waals surface area contributed by atoms with Crippen LogP contribution in [0, 0.1) is 5.92 Å². The van der Waals surface area contributed by atoms with E-state index in [-0.39, 0.29) is 5.56 Å². The van der Waals surface area contributed by atoms with Crippen LogP contribution >= 0.6 is 15.9 Å². The monoisotopic (exact) mass is 280 g/mol. The van der Waals surface area contributed by atoms with Crippen molar-refractivity contribution in [3.63, 3.8) is 0 Å². The molecule has 4 heteroatoms. The molecule has 0 bridgehead atoms. The molecule has 0 aliphatic rings. The summed E-state index contributed by atoms with van der Waals surface area (Å²) in [6.07, 6.45) is 1.63. The SMILES string of the molecule is CC(CBr)Cn1cnc2ccccc2c1=O. The zero-order valence-corrected chi connectivity index (χ0v) is 10.6. The van der Waals surface area contributed by atoms with Crippen molar-refractivity contribution >= 4 is 26.8 Å². The molecule has 0 saturated carbocycles. The van der Waals surface area contributed by atoms with E-state index in [1.807, 2.05) is 24.3 Å². The first-order chi connectivity index (χ1) is 7.72. The predicted octanol–water partition coefficient (Wildman–Crippen LogP) is 2.43. The third kappa shape index (κ3) is 2.16. The molecule has 3 nitrogen and oxygen atoms in total. The van der Waals surface area contributed by atoms with Crippen LogP contribution in [0.25, 0.3) is 10.9 Å². The number of hydrogen-bond acceptors (Lipinski definition) is 2. The van der Waals surface area contributed by atoms with Gasteiger partial charge < -0.3 is 0 Å². The Labute approximate surface area is 102 Å². The Balaban J connectivity index is 2.49. The second-order valence-electron chi connectivity index (χ2n) is 3.98. The molecule has 1 unspecified atom stereocenters. The summed E-state index contributed by atoms with van der Waals surface area (Å²) in [4.78, 5) is 16.4. The molecule has 1 atom stereocenters. The Morgan fingerprint density at radius 1 is 1.44 bits per heavy atom. The maximum atomic E-state index is 12.1. The number of para-hydroxylation sites is 1. The van der Waals surface area contributed by atoms with E-state index in [4.69, 9.17) is 0 Å². The molecule has 0 aliphatic carbocycles. The maximum Gasteiger partial charge on any atom is 0.261 e. The third-order valence-corrected chi connectivity index (χ3v) is 3.61. The molecule has 16 heavy (non-hydrogen) atoms. The van der Waals surface area contributed by atoms with E-state index in [1.165, 1.54) is 0 Å². The highest BCUT2D eigenvalue weighted by Gasteiger charge is 2.06. The topological polar surface area (TPSA) is 34.9 Å². The fourth-order valence-corrected chi connectivity index (χ4v) is 1.83. The summed E-state index contributed by atoms with van der Waals surface area (Å²) in [6, 6.07) is 7.43. The molecule has 0 fully saturated rings. The van der Waals surface area contributed by atoms with Gasteiger partial charge in [-0.15, -0.1) is 0 Å². The number of benzene rings is 1. The summed E-state index contributed by atoms with van der Waals surface area (Å²) >= 11 is 3.41. The smallest absolute Gasteiger partial charge is 0.261 e. The Kier molecular flexibility index (Phi) is 3.39. The van der Waals surface area contributed by atoms with Gasteiger partial charge in [0.1, 0.15) is 0 Å². The van der Waals surface area contributed by atoms with Crippen molar-refractivity contribution in [2.24, 2.45) is 5.92 Å². The average molecular weight is 281 g/mol. The largest absolute Gasteiger partial charge is 0.298 e. The van der Waals surface area contributed by atoms with Crippen LogP contribution in [0.15, 0.2) is 35.4 Å². The molecule has 0 aliphatic heterocycles. The predicted molar refractivity (Wildman–Crippen MR) is 69.0 cm³/mol. The summed E-state index contributed by atoms with van der Waals surface area (Å²) in [7, 11) is 0. The van der Waals surface area contributed by atoms with Crippen LogP contribution < -0.4 is 5.56 Å². The Morgan fingerprint density at radius 2 is 2.19 bits per heavy atom. The lowest BCUT2D eigenvalue weighted by Gasteiger charge is -2.10.